The van der Waals surface area contributed by atoms with Gasteiger partial charge >= 0.3 is 0 Å². The molecule has 0 unspecified atom stereocenters. The zero-order valence-corrected chi connectivity index (χ0v) is 9.83. The van der Waals surface area contributed by atoms with E-state index in [0.29, 0.717) is 0 Å². The summed E-state index contributed by atoms with van der Waals surface area (Å²) in [7, 11) is 0. The highest BCUT2D eigenvalue weighted by Gasteiger charge is 2.18. The van der Waals surface area contributed by atoms with Gasteiger partial charge in [0, 0.05) is 16.5 Å². The molecule has 1 aromatic heterocycles. The van der Waals surface area contributed by atoms with Gasteiger partial charge in [0.2, 0.25) is 0 Å². The summed E-state index contributed by atoms with van der Waals surface area (Å²) in [6.07, 6.45) is 0. The number of para-hydroxylation sites is 1. The molecule has 0 bridgehead atoms. The van der Waals surface area contributed by atoms with E-state index in [4.69, 9.17) is 4.98 Å². The minimum absolute atomic E-state index is 0.119. The van der Waals surface area contributed by atoms with Gasteiger partial charge in [0.25, 0.3) is 0 Å². The largest absolute Gasteiger partial charge is 0.252 e. The molecular formula is C14H17N. The number of hydrogen-bond acceptors (Lipinski definition) is 1. The van der Waals surface area contributed by atoms with Crippen molar-refractivity contribution in [3.63, 3.8) is 0 Å². The molecule has 0 atom stereocenters. The first-order valence-electron chi connectivity index (χ1n) is 5.35. The Hall–Kier alpha value is -1.37. The normalized spacial score (nSPS) is 12.0. The number of benzene rings is 1. The predicted octanol–water partition coefficient (Wildman–Crippen LogP) is 3.84. The number of hydrogen-bond donors (Lipinski definition) is 0. The van der Waals surface area contributed by atoms with Gasteiger partial charge in [0.05, 0.1) is 5.52 Å². The molecule has 0 amide bonds. The van der Waals surface area contributed by atoms with Crippen LogP contribution >= 0.6 is 0 Å². The molecule has 1 nitrogen and oxygen atoms in total. The van der Waals surface area contributed by atoms with Gasteiger partial charge < -0.3 is 0 Å². The molecule has 0 saturated heterocycles. The van der Waals surface area contributed by atoms with Crippen LogP contribution < -0.4 is 0 Å². The summed E-state index contributed by atoms with van der Waals surface area (Å²) in [5, 5.41) is 1.23. The SMILES string of the molecule is Cc1cc2ccccc2nc1C(C)(C)C. The van der Waals surface area contributed by atoms with Crippen molar-refractivity contribution in [3.05, 3.63) is 41.6 Å². The molecule has 78 valence electrons. The second-order valence-corrected chi connectivity index (χ2v) is 5.10. The van der Waals surface area contributed by atoms with Crippen LogP contribution in [0.2, 0.25) is 0 Å². The molecule has 0 saturated carbocycles. The van der Waals surface area contributed by atoms with Crippen molar-refractivity contribution in [1.29, 1.82) is 0 Å². The zero-order valence-electron chi connectivity index (χ0n) is 9.83. The fourth-order valence-corrected chi connectivity index (χ4v) is 1.98. The molecule has 15 heavy (non-hydrogen) atoms. The van der Waals surface area contributed by atoms with Crippen LogP contribution in [0, 0.1) is 6.92 Å². The number of fused-ring (bicyclic) bond motifs is 1. The van der Waals surface area contributed by atoms with Crippen LogP contribution in [0.4, 0.5) is 0 Å². The van der Waals surface area contributed by atoms with Crippen LogP contribution in [-0.2, 0) is 5.41 Å². The lowest BCUT2D eigenvalue weighted by atomic mass is 9.88. The molecule has 0 aliphatic carbocycles. The minimum Gasteiger partial charge on any atom is -0.252 e. The Kier molecular flexibility index (Phi) is 2.26. The summed E-state index contributed by atoms with van der Waals surface area (Å²) in [5.74, 6) is 0. The predicted molar refractivity (Wildman–Crippen MR) is 65.2 cm³/mol. The number of nitrogens with zero attached hydrogens (tertiary/aromatic N) is 1. The van der Waals surface area contributed by atoms with Crippen molar-refractivity contribution in [3.8, 4) is 0 Å². The van der Waals surface area contributed by atoms with E-state index in [2.05, 4.69) is 52.0 Å². The Morgan fingerprint density at radius 2 is 1.73 bits per heavy atom. The quantitative estimate of drug-likeness (QED) is 0.628. The molecule has 0 spiro atoms. The second kappa shape index (κ2) is 3.34. The van der Waals surface area contributed by atoms with E-state index in [9.17, 15) is 0 Å². The molecule has 0 radical (unpaired) electrons. The van der Waals surface area contributed by atoms with Crippen molar-refractivity contribution in [1.82, 2.24) is 4.98 Å². The van der Waals surface area contributed by atoms with Crippen molar-refractivity contribution in [2.24, 2.45) is 0 Å². The average molecular weight is 199 g/mol. The van der Waals surface area contributed by atoms with Gasteiger partial charge in [0.15, 0.2) is 0 Å². The van der Waals surface area contributed by atoms with Crippen LogP contribution in [0.25, 0.3) is 10.9 Å². The maximum Gasteiger partial charge on any atom is 0.0705 e. The molecule has 1 heterocycles. The van der Waals surface area contributed by atoms with Crippen LogP contribution in [0.15, 0.2) is 30.3 Å². The maximum atomic E-state index is 4.75. The van der Waals surface area contributed by atoms with E-state index in [0.717, 1.165) is 5.52 Å². The standard InChI is InChI=1S/C14H17N/c1-10-9-11-7-5-6-8-12(11)15-13(10)14(2,3)4/h5-9H,1-4H3. The lowest BCUT2D eigenvalue weighted by Crippen LogP contribution is -2.15. The maximum absolute atomic E-state index is 4.75. The minimum atomic E-state index is 0.119. The van der Waals surface area contributed by atoms with Crippen LogP contribution in [0.1, 0.15) is 32.0 Å². The molecule has 2 aromatic rings. The third-order valence-corrected chi connectivity index (χ3v) is 2.62. The number of rotatable bonds is 0. The molecule has 0 fully saturated rings. The van der Waals surface area contributed by atoms with E-state index >= 15 is 0 Å². The van der Waals surface area contributed by atoms with Crippen molar-refractivity contribution in [2.45, 2.75) is 33.1 Å². The monoisotopic (exact) mass is 199 g/mol. The highest BCUT2D eigenvalue weighted by Crippen LogP contribution is 2.26. The molecule has 0 N–H and O–H groups in total. The van der Waals surface area contributed by atoms with Gasteiger partial charge in [-0.25, -0.2) is 0 Å². The Balaban J connectivity index is 2.73. The smallest absolute Gasteiger partial charge is 0.0705 e. The Labute approximate surface area is 91.2 Å². The van der Waals surface area contributed by atoms with E-state index < -0.39 is 0 Å². The van der Waals surface area contributed by atoms with E-state index in [1.54, 1.807) is 0 Å². The fourth-order valence-electron chi connectivity index (χ4n) is 1.98. The second-order valence-electron chi connectivity index (χ2n) is 5.10. The molecular weight excluding hydrogens is 182 g/mol. The summed E-state index contributed by atoms with van der Waals surface area (Å²) in [5.41, 5.74) is 3.68. The number of aromatic nitrogens is 1. The van der Waals surface area contributed by atoms with Gasteiger partial charge in [-0.3, -0.25) is 4.98 Å². The molecule has 0 aliphatic rings. The van der Waals surface area contributed by atoms with Crippen LogP contribution in [-0.4, -0.2) is 4.98 Å². The highest BCUT2D eigenvalue weighted by molar-refractivity contribution is 5.79. The number of pyridine rings is 1. The molecule has 2 rings (SSSR count). The highest BCUT2D eigenvalue weighted by atomic mass is 14.7. The Morgan fingerprint density at radius 3 is 2.40 bits per heavy atom. The summed E-state index contributed by atoms with van der Waals surface area (Å²) in [6, 6.07) is 10.5. The van der Waals surface area contributed by atoms with Gasteiger partial charge in [-0.2, -0.15) is 0 Å². The van der Waals surface area contributed by atoms with Crippen molar-refractivity contribution in [2.75, 3.05) is 0 Å². The third kappa shape index (κ3) is 1.87. The first-order chi connectivity index (χ1) is 6.98. The van der Waals surface area contributed by atoms with Gasteiger partial charge in [0.1, 0.15) is 0 Å². The van der Waals surface area contributed by atoms with E-state index in [1.165, 1.54) is 16.6 Å². The fraction of sp³-hybridized carbons (Fsp3) is 0.357. The average Bonchev–Trinajstić information content (AvgIpc) is 2.15. The van der Waals surface area contributed by atoms with E-state index in [-0.39, 0.29) is 5.41 Å². The first kappa shape index (κ1) is 10.2. The lowest BCUT2D eigenvalue weighted by Gasteiger charge is -2.20. The summed E-state index contributed by atoms with van der Waals surface area (Å²) >= 11 is 0. The summed E-state index contributed by atoms with van der Waals surface area (Å²) < 4.78 is 0. The van der Waals surface area contributed by atoms with Crippen LogP contribution in [0.5, 0.6) is 0 Å². The lowest BCUT2D eigenvalue weighted by molar-refractivity contribution is 0.567. The summed E-state index contributed by atoms with van der Waals surface area (Å²) in [4.78, 5) is 4.75. The van der Waals surface area contributed by atoms with E-state index in [1.807, 2.05) is 6.07 Å². The van der Waals surface area contributed by atoms with Crippen molar-refractivity contribution >= 4 is 10.9 Å². The van der Waals surface area contributed by atoms with Gasteiger partial charge in [-0.05, 0) is 24.6 Å². The molecule has 0 aliphatic heterocycles. The van der Waals surface area contributed by atoms with Crippen LogP contribution in [0.3, 0.4) is 0 Å². The molecule has 1 aromatic carbocycles. The summed E-state index contributed by atoms with van der Waals surface area (Å²) in [6.45, 7) is 8.76. The topological polar surface area (TPSA) is 12.9 Å². The zero-order chi connectivity index (χ0) is 11.1. The van der Waals surface area contributed by atoms with Gasteiger partial charge in [-0.15, -0.1) is 0 Å². The Morgan fingerprint density at radius 1 is 1.07 bits per heavy atom. The van der Waals surface area contributed by atoms with Gasteiger partial charge in [-0.1, -0.05) is 39.0 Å². The first-order valence-corrected chi connectivity index (χ1v) is 5.35. The number of aryl methyl sites for hydroxylation is 1. The molecule has 1 heteroatoms. The third-order valence-electron chi connectivity index (χ3n) is 2.62. The van der Waals surface area contributed by atoms with Crippen molar-refractivity contribution < 1.29 is 0 Å². The Bertz CT molecular complexity index is 492.